The number of nitrogens with two attached hydrogens (primary N) is 1. The van der Waals surface area contributed by atoms with Crippen LogP contribution in [0.15, 0.2) is 18.2 Å². The molecule has 1 atom stereocenters. The molecule has 0 spiro atoms. The minimum atomic E-state index is -0.0229. The Morgan fingerprint density at radius 3 is 2.58 bits per heavy atom. The van der Waals surface area contributed by atoms with Crippen molar-refractivity contribution in [3.63, 3.8) is 0 Å². The van der Waals surface area contributed by atoms with Gasteiger partial charge < -0.3 is 16.0 Å². The van der Waals surface area contributed by atoms with Crippen molar-refractivity contribution in [2.75, 3.05) is 25.1 Å². The van der Waals surface area contributed by atoms with Crippen LogP contribution in [0, 0.1) is 5.92 Å². The van der Waals surface area contributed by atoms with Gasteiger partial charge in [0.05, 0.1) is 11.4 Å². The van der Waals surface area contributed by atoms with Crippen molar-refractivity contribution in [3.05, 3.63) is 23.8 Å². The lowest BCUT2D eigenvalue weighted by Crippen LogP contribution is -2.31. The van der Waals surface area contributed by atoms with Crippen molar-refractivity contribution in [1.82, 2.24) is 4.90 Å². The SMILES string of the molecule is CC(Nc1ccc(C(=O)N(C)C)cc1N)C1CCC1. The fourth-order valence-electron chi connectivity index (χ4n) is 2.39. The van der Waals surface area contributed by atoms with Gasteiger partial charge in [-0.3, -0.25) is 4.79 Å². The predicted molar refractivity (Wildman–Crippen MR) is 79.3 cm³/mol. The summed E-state index contributed by atoms with van der Waals surface area (Å²) >= 11 is 0. The first-order valence-corrected chi connectivity index (χ1v) is 6.86. The molecule has 0 aromatic heterocycles. The van der Waals surface area contributed by atoms with E-state index < -0.39 is 0 Å². The van der Waals surface area contributed by atoms with Gasteiger partial charge in [0.1, 0.15) is 0 Å². The molecule has 104 valence electrons. The van der Waals surface area contributed by atoms with E-state index in [1.807, 2.05) is 12.1 Å². The zero-order chi connectivity index (χ0) is 14.0. The number of amides is 1. The lowest BCUT2D eigenvalue weighted by molar-refractivity contribution is 0.0827. The van der Waals surface area contributed by atoms with Crippen LogP contribution in [-0.2, 0) is 0 Å². The summed E-state index contributed by atoms with van der Waals surface area (Å²) in [6.07, 6.45) is 3.93. The Kier molecular flexibility index (Phi) is 3.98. The lowest BCUT2D eigenvalue weighted by Gasteiger charge is -2.32. The fourth-order valence-corrected chi connectivity index (χ4v) is 2.39. The third kappa shape index (κ3) is 3.00. The molecule has 2 rings (SSSR count). The highest BCUT2D eigenvalue weighted by molar-refractivity contribution is 5.95. The van der Waals surface area contributed by atoms with E-state index in [1.54, 1.807) is 25.1 Å². The summed E-state index contributed by atoms with van der Waals surface area (Å²) in [5.74, 6) is 0.729. The zero-order valence-electron chi connectivity index (χ0n) is 11.9. The number of nitrogen functional groups attached to an aromatic ring is 1. The van der Waals surface area contributed by atoms with E-state index in [4.69, 9.17) is 5.73 Å². The molecule has 1 aromatic carbocycles. The van der Waals surface area contributed by atoms with E-state index in [-0.39, 0.29) is 5.91 Å². The standard InChI is InChI=1S/C15H23N3O/c1-10(11-5-4-6-11)17-14-8-7-12(9-13(14)16)15(19)18(2)3/h7-11,17H,4-6,16H2,1-3H3. The number of nitrogens with zero attached hydrogens (tertiary/aromatic N) is 1. The smallest absolute Gasteiger partial charge is 0.253 e. The molecule has 19 heavy (non-hydrogen) atoms. The van der Waals surface area contributed by atoms with E-state index in [2.05, 4.69) is 12.2 Å². The fraction of sp³-hybridized carbons (Fsp3) is 0.533. The van der Waals surface area contributed by atoms with Crippen LogP contribution in [-0.4, -0.2) is 30.9 Å². The van der Waals surface area contributed by atoms with Crippen LogP contribution in [0.25, 0.3) is 0 Å². The largest absolute Gasteiger partial charge is 0.397 e. The summed E-state index contributed by atoms with van der Waals surface area (Å²) < 4.78 is 0. The lowest BCUT2D eigenvalue weighted by atomic mass is 9.80. The normalized spacial score (nSPS) is 16.6. The first-order valence-electron chi connectivity index (χ1n) is 6.86. The summed E-state index contributed by atoms with van der Waals surface area (Å²) in [5, 5.41) is 3.46. The van der Waals surface area contributed by atoms with Gasteiger partial charge in [-0.05, 0) is 43.9 Å². The Labute approximate surface area is 115 Å². The van der Waals surface area contributed by atoms with Crippen molar-refractivity contribution in [1.29, 1.82) is 0 Å². The first-order chi connectivity index (χ1) is 8.99. The number of carbonyl (C=O) groups is 1. The second-order valence-electron chi connectivity index (χ2n) is 5.63. The maximum Gasteiger partial charge on any atom is 0.253 e. The van der Waals surface area contributed by atoms with Crippen LogP contribution >= 0.6 is 0 Å². The summed E-state index contributed by atoms with van der Waals surface area (Å²) in [7, 11) is 3.48. The molecule has 1 saturated carbocycles. The molecule has 4 nitrogen and oxygen atoms in total. The van der Waals surface area contributed by atoms with Crippen LogP contribution in [0.1, 0.15) is 36.5 Å². The van der Waals surface area contributed by atoms with Gasteiger partial charge in [0.25, 0.3) is 5.91 Å². The predicted octanol–water partition coefficient (Wildman–Crippen LogP) is 2.57. The molecule has 1 aliphatic rings. The van der Waals surface area contributed by atoms with Crippen LogP contribution in [0.5, 0.6) is 0 Å². The average molecular weight is 261 g/mol. The number of benzene rings is 1. The Morgan fingerprint density at radius 2 is 2.11 bits per heavy atom. The third-order valence-electron chi connectivity index (χ3n) is 3.94. The number of hydrogen-bond acceptors (Lipinski definition) is 3. The molecule has 1 amide bonds. The van der Waals surface area contributed by atoms with Gasteiger partial charge in [-0.25, -0.2) is 0 Å². The van der Waals surface area contributed by atoms with Gasteiger partial charge in [0.15, 0.2) is 0 Å². The molecule has 1 aliphatic carbocycles. The maximum atomic E-state index is 11.8. The van der Waals surface area contributed by atoms with Crippen LogP contribution in [0.4, 0.5) is 11.4 Å². The van der Waals surface area contributed by atoms with E-state index in [1.165, 1.54) is 19.3 Å². The van der Waals surface area contributed by atoms with Gasteiger partial charge in [-0.1, -0.05) is 6.42 Å². The van der Waals surface area contributed by atoms with Crippen molar-refractivity contribution < 1.29 is 4.79 Å². The molecule has 0 saturated heterocycles. The van der Waals surface area contributed by atoms with Crippen molar-refractivity contribution in [3.8, 4) is 0 Å². The summed E-state index contributed by atoms with van der Waals surface area (Å²) in [6.45, 7) is 2.20. The second-order valence-corrected chi connectivity index (χ2v) is 5.63. The molecule has 4 heteroatoms. The Bertz CT molecular complexity index is 466. The minimum absolute atomic E-state index is 0.0229. The summed E-state index contributed by atoms with van der Waals surface area (Å²) in [4.78, 5) is 13.4. The van der Waals surface area contributed by atoms with Gasteiger partial charge in [0, 0.05) is 25.7 Å². The monoisotopic (exact) mass is 261 g/mol. The van der Waals surface area contributed by atoms with Crippen LogP contribution in [0.3, 0.4) is 0 Å². The van der Waals surface area contributed by atoms with Crippen LogP contribution in [0.2, 0.25) is 0 Å². The Hall–Kier alpha value is -1.71. The molecule has 0 aliphatic heterocycles. The molecule has 1 fully saturated rings. The summed E-state index contributed by atoms with van der Waals surface area (Å²) in [5.41, 5.74) is 8.23. The average Bonchev–Trinajstić information content (AvgIpc) is 2.28. The minimum Gasteiger partial charge on any atom is -0.397 e. The van der Waals surface area contributed by atoms with Gasteiger partial charge in [0.2, 0.25) is 0 Å². The molecule has 0 heterocycles. The Morgan fingerprint density at radius 1 is 1.42 bits per heavy atom. The second kappa shape index (κ2) is 5.51. The highest BCUT2D eigenvalue weighted by Gasteiger charge is 2.24. The number of rotatable bonds is 4. The van der Waals surface area contributed by atoms with E-state index in [0.717, 1.165) is 11.6 Å². The Balaban J connectivity index is 2.08. The van der Waals surface area contributed by atoms with E-state index in [0.29, 0.717) is 17.3 Å². The maximum absolute atomic E-state index is 11.8. The molecule has 0 radical (unpaired) electrons. The van der Waals surface area contributed by atoms with E-state index in [9.17, 15) is 4.79 Å². The molecular formula is C15H23N3O. The van der Waals surface area contributed by atoms with Gasteiger partial charge in [-0.2, -0.15) is 0 Å². The van der Waals surface area contributed by atoms with Crippen molar-refractivity contribution in [2.45, 2.75) is 32.2 Å². The highest BCUT2D eigenvalue weighted by Crippen LogP contribution is 2.32. The highest BCUT2D eigenvalue weighted by atomic mass is 16.2. The number of hydrogen-bond donors (Lipinski definition) is 2. The number of nitrogens with one attached hydrogen (secondary N) is 1. The topological polar surface area (TPSA) is 58.4 Å². The molecular weight excluding hydrogens is 238 g/mol. The summed E-state index contributed by atoms with van der Waals surface area (Å²) in [6, 6.07) is 5.92. The number of carbonyl (C=O) groups excluding carboxylic acids is 1. The van der Waals surface area contributed by atoms with Gasteiger partial charge >= 0.3 is 0 Å². The molecule has 0 bridgehead atoms. The molecule has 3 N–H and O–H groups in total. The molecule has 1 aromatic rings. The molecule has 1 unspecified atom stereocenters. The van der Waals surface area contributed by atoms with Crippen molar-refractivity contribution >= 4 is 17.3 Å². The van der Waals surface area contributed by atoms with Crippen LogP contribution < -0.4 is 11.1 Å². The zero-order valence-corrected chi connectivity index (χ0v) is 11.9. The van der Waals surface area contributed by atoms with E-state index >= 15 is 0 Å². The van der Waals surface area contributed by atoms with Crippen molar-refractivity contribution in [2.24, 2.45) is 5.92 Å². The number of anilines is 2. The third-order valence-corrected chi connectivity index (χ3v) is 3.94. The van der Waals surface area contributed by atoms with Gasteiger partial charge in [-0.15, -0.1) is 0 Å². The quantitative estimate of drug-likeness (QED) is 0.819. The first kappa shape index (κ1) is 13.7.